The predicted molar refractivity (Wildman–Crippen MR) is 87.8 cm³/mol. The van der Waals surface area contributed by atoms with E-state index in [4.69, 9.17) is 0 Å². The molecule has 0 spiro atoms. The molecule has 1 aliphatic carbocycles. The lowest BCUT2D eigenvalue weighted by Crippen LogP contribution is -2.32. The molecule has 1 amide bonds. The minimum Gasteiger partial charge on any atom is -0.478 e. The van der Waals surface area contributed by atoms with Crippen LogP contribution in [0.15, 0.2) is 53.7 Å². The number of aliphatic carboxylic acids is 1. The molecule has 0 aliphatic heterocycles. The zero-order valence-corrected chi connectivity index (χ0v) is 13.2. The van der Waals surface area contributed by atoms with Gasteiger partial charge in [-0.05, 0) is 30.9 Å². The topological polar surface area (TPSA) is 86.3 Å². The van der Waals surface area contributed by atoms with Gasteiger partial charge in [-0.2, -0.15) is 5.10 Å². The van der Waals surface area contributed by atoms with Gasteiger partial charge in [0, 0.05) is 23.9 Å². The van der Waals surface area contributed by atoms with Crippen LogP contribution >= 0.6 is 0 Å². The van der Waals surface area contributed by atoms with E-state index >= 15 is 0 Å². The molecule has 0 saturated carbocycles. The number of hydrogen-bond donors (Lipinski definition) is 2. The Balaban J connectivity index is 1.87. The van der Waals surface area contributed by atoms with E-state index < -0.39 is 5.97 Å². The van der Waals surface area contributed by atoms with E-state index in [0.29, 0.717) is 37.9 Å². The summed E-state index contributed by atoms with van der Waals surface area (Å²) in [7, 11) is 0. The van der Waals surface area contributed by atoms with Gasteiger partial charge in [0.1, 0.15) is 0 Å². The second kappa shape index (κ2) is 7.12. The lowest BCUT2D eigenvalue weighted by Gasteiger charge is -2.23. The molecule has 1 heterocycles. The maximum absolute atomic E-state index is 13.0. The highest BCUT2D eigenvalue weighted by atomic mass is 16.4. The van der Waals surface area contributed by atoms with Gasteiger partial charge in [0.2, 0.25) is 0 Å². The van der Waals surface area contributed by atoms with Gasteiger partial charge in [-0.15, -0.1) is 0 Å². The van der Waals surface area contributed by atoms with Crippen molar-refractivity contribution in [3.63, 3.8) is 0 Å². The third-order valence-corrected chi connectivity index (χ3v) is 4.16. The Hall–Kier alpha value is -2.89. The minimum atomic E-state index is -0.989. The molecule has 3 rings (SSSR count). The van der Waals surface area contributed by atoms with E-state index in [-0.39, 0.29) is 11.5 Å². The Kier molecular flexibility index (Phi) is 4.74. The van der Waals surface area contributed by atoms with Crippen molar-refractivity contribution in [3.8, 4) is 0 Å². The highest BCUT2D eigenvalue weighted by Gasteiger charge is 2.28. The highest BCUT2D eigenvalue weighted by molar-refractivity contribution is 6.02. The number of H-pyrrole nitrogens is 1. The molecule has 2 N–H and O–H groups in total. The number of carbonyl (C=O) groups is 2. The van der Waals surface area contributed by atoms with Crippen LogP contribution in [0.25, 0.3) is 0 Å². The Morgan fingerprint density at radius 3 is 2.50 bits per heavy atom. The maximum atomic E-state index is 13.0. The lowest BCUT2D eigenvalue weighted by atomic mass is 10.1. The fourth-order valence-corrected chi connectivity index (χ4v) is 2.99. The fraction of sp³-hybridized carbons (Fsp3) is 0.278. The van der Waals surface area contributed by atoms with Crippen LogP contribution < -0.4 is 0 Å². The van der Waals surface area contributed by atoms with Crippen molar-refractivity contribution >= 4 is 11.9 Å². The first-order valence-corrected chi connectivity index (χ1v) is 7.92. The number of nitrogens with zero attached hydrogens (tertiary/aromatic N) is 2. The normalized spacial score (nSPS) is 14.0. The SMILES string of the molecule is O=C(O)C1=C(C(=O)N(Cc2ccccc2)Cc2ccn[nH]2)CCC1. The standard InChI is InChI=1S/C18H19N3O3/c22-17(15-7-4-8-16(15)18(23)24)21(12-14-9-10-19-20-14)11-13-5-2-1-3-6-13/h1-3,5-6,9-10H,4,7-8,11-12H2,(H,19,20)(H,23,24). The summed E-state index contributed by atoms with van der Waals surface area (Å²) in [6.45, 7) is 0.791. The van der Waals surface area contributed by atoms with Gasteiger partial charge in [0.05, 0.1) is 12.2 Å². The molecule has 1 aromatic heterocycles. The molecular weight excluding hydrogens is 306 g/mol. The number of carboxylic acid groups (broad SMARTS) is 1. The van der Waals surface area contributed by atoms with Crippen molar-refractivity contribution in [1.29, 1.82) is 0 Å². The van der Waals surface area contributed by atoms with Crippen LogP contribution in [0.4, 0.5) is 0 Å². The van der Waals surface area contributed by atoms with E-state index in [9.17, 15) is 14.7 Å². The average molecular weight is 325 g/mol. The van der Waals surface area contributed by atoms with Crippen LogP contribution in [0, 0.1) is 0 Å². The molecule has 6 nitrogen and oxygen atoms in total. The third kappa shape index (κ3) is 3.53. The smallest absolute Gasteiger partial charge is 0.332 e. The fourth-order valence-electron chi connectivity index (χ4n) is 2.99. The van der Waals surface area contributed by atoms with E-state index in [1.54, 1.807) is 11.1 Å². The molecule has 6 heteroatoms. The summed E-state index contributed by atoms with van der Waals surface area (Å²) in [6, 6.07) is 11.5. The number of aromatic amines is 1. The van der Waals surface area contributed by atoms with Crippen molar-refractivity contribution < 1.29 is 14.7 Å². The second-order valence-corrected chi connectivity index (χ2v) is 5.84. The average Bonchev–Trinajstić information content (AvgIpc) is 3.26. The van der Waals surface area contributed by atoms with Crippen LogP contribution in [0.1, 0.15) is 30.5 Å². The van der Waals surface area contributed by atoms with Crippen molar-refractivity contribution in [1.82, 2.24) is 15.1 Å². The van der Waals surface area contributed by atoms with Gasteiger partial charge in [-0.25, -0.2) is 4.79 Å². The third-order valence-electron chi connectivity index (χ3n) is 4.16. The van der Waals surface area contributed by atoms with E-state index in [0.717, 1.165) is 11.3 Å². The molecule has 24 heavy (non-hydrogen) atoms. The Morgan fingerprint density at radius 2 is 1.83 bits per heavy atom. The summed E-state index contributed by atoms with van der Waals surface area (Å²) < 4.78 is 0. The van der Waals surface area contributed by atoms with Crippen molar-refractivity contribution in [2.75, 3.05) is 0 Å². The molecule has 0 atom stereocenters. The zero-order valence-electron chi connectivity index (χ0n) is 13.2. The molecule has 0 radical (unpaired) electrons. The molecule has 124 valence electrons. The van der Waals surface area contributed by atoms with Gasteiger partial charge in [-0.3, -0.25) is 9.89 Å². The van der Waals surface area contributed by atoms with E-state index in [2.05, 4.69) is 10.2 Å². The van der Waals surface area contributed by atoms with Crippen LogP contribution in [0.5, 0.6) is 0 Å². The molecule has 0 bridgehead atoms. The summed E-state index contributed by atoms with van der Waals surface area (Å²) in [5.41, 5.74) is 2.50. The first-order valence-electron chi connectivity index (χ1n) is 7.92. The number of carboxylic acids is 1. The van der Waals surface area contributed by atoms with Crippen LogP contribution in [-0.4, -0.2) is 32.1 Å². The predicted octanol–water partition coefficient (Wildman–Crippen LogP) is 2.50. The van der Waals surface area contributed by atoms with Gasteiger partial charge in [0.15, 0.2) is 0 Å². The summed E-state index contributed by atoms with van der Waals surface area (Å²) in [5, 5.41) is 16.1. The molecule has 0 fully saturated rings. The molecule has 1 aliphatic rings. The minimum absolute atomic E-state index is 0.205. The summed E-state index contributed by atoms with van der Waals surface area (Å²) in [4.78, 5) is 26.0. The Labute approximate surface area is 139 Å². The van der Waals surface area contributed by atoms with Crippen molar-refractivity contribution in [2.45, 2.75) is 32.4 Å². The Morgan fingerprint density at radius 1 is 1.08 bits per heavy atom. The zero-order chi connectivity index (χ0) is 16.9. The largest absolute Gasteiger partial charge is 0.478 e. The van der Waals surface area contributed by atoms with Gasteiger partial charge < -0.3 is 10.0 Å². The number of aromatic nitrogens is 2. The number of carbonyl (C=O) groups excluding carboxylic acids is 1. The first kappa shape index (κ1) is 16.0. The highest BCUT2D eigenvalue weighted by Crippen LogP contribution is 2.28. The van der Waals surface area contributed by atoms with Crippen LogP contribution in [0.3, 0.4) is 0 Å². The molecule has 0 unspecified atom stereocenters. The summed E-state index contributed by atoms with van der Waals surface area (Å²) in [6.07, 6.45) is 3.33. The van der Waals surface area contributed by atoms with Crippen LogP contribution in [-0.2, 0) is 22.7 Å². The number of rotatable bonds is 6. The van der Waals surface area contributed by atoms with Gasteiger partial charge in [-0.1, -0.05) is 30.3 Å². The van der Waals surface area contributed by atoms with E-state index in [1.165, 1.54) is 0 Å². The van der Waals surface area contributed by atoms with Gasteiger partial charge in [0.25, 0.3) is 5.91 Å². The van der Waals surface area contributed by atoms with Crippen molar-refractivity contribution in [2.24, 2.45) is 0 Å². The molecule has 1 aromatic carbocycles. The Bertz CT molecular complexity index is 751. The lowest BCUT2D eigenvalue weighted by molar-refractivity contribution is -0.134. The summed E-state index contributed by atoms with van der Waals surface area (Å²) >= 11 is 0. The number of nitrogens with one attached hydrogen (secondary N) is 1. The quantitative estimate of drug-likeness (QED) is 0.854. The molecule has 0 saturated heterocycles. The maximum Gasteiger partial charge on any atom is 0.332 e. The van der Waals surface area contributed by atoms with Gasteiger partial charge >= 0.3 is 5.97 Å². The molecular formula is C18H19N3O3. The number of benzene rings is 1. The van der Waals surface area contributed by atoms with Crippen molar-refractivity contribution in [3.05, 3.63) is 65.0 Å². The van der Waals surface area contributed by atoms with Crippen LogP contribution in [0.2, 0.25) is 0 Å². The van der Waals surface area contributed by atoms with E-state index in [1.807, 2.05) is 36.4 Å². The summed E-state index contributed by atoms with van der Waals surface area (Å²) in [5.74, 6) is -1.19. The monoisotopic (exact) mass is 325 g/mol. The number of amides is 1. The number of hydrogen-bond acceptors (Lipinski definition) is 3. The molecule has 2 aromatic rings. The first-order chi connectivity index (χ1) is 11.6. The second-order valence-electron chi connectivity index (χ2n) is 5.84.